The first-order chi connectivity index (χ1) is 17.2. The van der Waals surface area contributed by atoms with Crippen LogP contribution in [0.2, 0.25) is 0 Å². The molecule has 0 saturated carbocycles. The number of hydrogen-bond acceptors (Lipinski definition) is 6. The molecule has 1 aliphatic carbocycles. The van der Waals surface area contributed by atoms with Crippen molar-refractivity contribution in [3.05, 3.63) is 103 Å². The number of aromatic nitrogens is 3. The van der Waals surface area contributed by atoms with Crippen molar-refractivity contribution in [1.29, 1.82) is 0 Å². The molecule has 0 fully saturated rings. The van der Waals surface area contributed by atoms with E-state index >= 15 is 0 Å². The highest BCUT2D eigenvalue weighted by Crippen LogP contribution is 2.35. The molecule has 2 heterocycles. The van der Waals surface area contributed by atoms with Crippen LogP contribution >= 0.6 is 0 Å². The first-order valence-electron chi connectivity index (χ1n) is 11.3. The zero-order valence-corrected chi connectivity index (χ0v) is 18.7. The van der Waals surface area contributed by atoms with Crippen molar-refractivity contribution in [2.45, 2.75) is 6.42 Å². The van der Waals surface area contributed by atoms with E-state index in [2.05, 4.69) is 12.2 Å². The highest BCUT2D eigenvalue weighted by Gasteiger charge is 2.22. The van der Waals surface area contributed by atoms with Gasteiger partial charge in [-0.15, -0.1) is 0 Å². The average Bonchev–Trinajstić information content (AvgIpc) is 3.07. The van der Waals surface area contributed by atoms with E-state index in [1.807, 2.05) is 72.8 Å². The van der Waals surface area contributed by atoms with E-state index in [9.17, 15) is 10.0 Å². The van der Waals surface area contributed by atoms with Crippen molar-refractivity contribution in [3.63, 3.8) is 0 Å². The van der Waals surface area contributed by atoms with Gasteiger partial charge in [0.2, 0.25) is 0 Å². The van der Waals surface area contributed by atoms with Gasteiger partial charge in [0, 0.05) is 27.4 Å². The molecule has 0 radical (unpaired) electrons. The third-order valence-corrected chi connectivity index (χ3v) is 6.00. The molecule has 2 N–H and O–H groups in total. The van der Waals surface area contributed by atoms with Crippen LogP contribution in [0.3, 0.4) is 0 Å². The minimum absolute atomic E-state index is 0.312. The van der Waals surface area contributed by atoms with Crippen LogP contribution in [0, 0.1) is 0 Å². The number of para-hydroxylation sites is 2. The second kappa shape index (κ2) is 8.79. The van der Waals surface area contributed by atoms with Gasteiger partial charge in [-0.3, -0.25) is 0 Å². The molecule has 5 aromatic rings. The smallest absolute Gasteiger partial charge is 0.456 e. The molecular weight excluding hydrogens is 437 g/mol. The van der Waals surface area contributed by atoms with Crippen LogP contribution in [-0.2, 0) is 0 Å². The van der Waals surface area contributed by atoms with Gasteiger partial charge in [-0.25, -0.2) is 15.0 Å². The number of benzene rings is 3. The van der Waals surface area contributed by atoms with Crippen LogP contribution in [-0.4, -0.2) is 32.1 Å². The Hall–Kier alpha value is -4.33. The summed E-state index contributed by atoms with van der Waals surface area (Å²) in [6, 6.07) is 20.9. The van der Waals surface area contributed by atoms with E-state index in [0.29, 0.717) is 39.7 Å². The molecule has 0 aliphatic heterocycles. The topological polar surface area (TPSA) is 92.3 Å². The van der Waals surface area contributed by atoms with Gasteiger partial charge >= 0.3 is 7.12 Å². The Morgan fingerprint density at radius 1 is 0.714 bits per heavy atom. The van der Waals surface area contributed by atoms with Gasteiger partial charge in [0.1, 0.15) is 11.2 Å². The monoisotopic (exact) mass is 457 g/mol. The first kappa shape index (κ1) is 21.2. The molecule has 0 bridgehead atoms. The van der Waals surface area contributed by atoms with Crippen molar-refractivity contribution < 1.29 is 14.5 Å². The Bertz CT molecular complexity index is 1650. The quantitative estimate of drug-likeness (QED) is 0.381. The van der Waals surface area contributed by atoms with Crippen molar-refractivity contribution in [2.24, 2.45) is 0 Å². The molecule has 7 heteroatoms. The van der Waals surface area contributed by atoms with Crippen LogP contribution < -0.4 is 5.46 Å². The number of furan rings is 1. The van der Waals surface area contributed by atoms with Crippen molar-refractivity contribution >= 4 is 40.1 Å². The Kier molecular flexibility index (Phi) is 5.33. The van der Waals surface area contributed by atoms with Crippen LogP contribution in [0.5, 0.6) is 0 Å². The number of nitrogens with zero attached hydrogens (tertiary/aromatic N) is 3. The summed E-state index contributed by atoms with van der Waals surface area (Å²) in [5.74, 6) is 1.63. The molecule has 0 amide bonds. The Labute approximate surface area is 201 Å². The third-order valence-electron chi connectivity index (χ3n) is 6.00. The van der Waals surface area contributed by atoms with E-state index in [-0.39, 0.29) is 0 Å². The van der Waals surface area contributed by atoms with Gasteiger partial charge in [0.05, 0.1) is 5.56 Å². The standard InChI is InChI=1S/C28H20BN3O3/c33-29(34)23-17-9-15-21-20-14-8-16-22(24(20)35-25(21)23)28-31-26(18-10-4-1-2-5-11-18)30-27(32-28)19-12-6-3-7-13-19/h1-4,6-17,33-34H,5H2. The fourth-order valence-corrected chi connectivity index (χ4v) is 4.31. The van der Waals surface area contributed by atoms with Gasteiger partial charge in [-0.1, -0.05) is 91.0 Å². The highest BCUT2D eigenvalue weighted by molar-refractivity contribution is 6.61. The summed E-state index contributed by atoms with van der Waals surface area (Å²) in [6.45, 7) is 0. The van der Waals surface area contributed by atoms with E-state index < -0.39 is 7.12 Å². The Morgan fingerprint density at radius 2 is 1.46 bits per heavy atom. The van der Waals surface area contributed by atoms with Crippen LogP contribution in [0.25, 0.3) is 50.3 Å². The van der Waals surface area contributed by atoms with Gasteiger partial charge < -0.3 is 14.5 Å². The number of hydrogen-bond donors (Lipinski definition) is 2. The fourth-order valence-electron chi connectivity index (χ4n) is 4.31. The van der Waals surface area contributed by atoms with Gasteiger partial charge in [0.15, 0.2) is 17.5 Å². The van der Waals surface area contributed by atoms with Crippen molar-refractivity contribution in [1.82, 2.24) is 15.0 Å². The molecule has 2 aromatic heterocycles. The normalized spacial score (nSPS) is 13.3. The van der Waals surface area contributed by atoms with Crippen molar-refractivity contribution in [3.8, 4) is 22.8 Å². The molecule has 1 aliphatic rings. The van der Waals surface area contributed by atoms with E-state index in [4.69, 9.17) is 19.4 Å². The molecule has 0 atom stereocenters. The molecule has 6 nitrogen and oxygen atoms in total. The SMILES string of the molecule is OB(O)c1cccc2c1oc1c(-c3nc(C4=CCC=CC=C4)nc(-c4ccccc4)n3)cccc12. The molecular formula is C28H20BN3O3. The molecule has 3 aromatic carbocycles. The highest BCUT2D eigenvalue weighted by atomic mass is 16.4. The Balaban J connectivity index is 1.61. The predicted molar refractivity (Wildman–Crippen MR) is 139 cm³/mol. The average molecular weight is 457 g/mol. The van der Waals surface area contributed by atoms with Gasteiger partial charge in [-0.05, 0) is 12.5 Å². The van der Waals surface area contributed by atoms with Crippen LogP contribution in [0.1, 0.15) is 12.2 Å². The molecule has 6 rings (SSSR count). The van der Waals surface area contributed by atoms with Crippen LogP contribution in [0.15, 0.2) is 102 Å². The van der Waals surface area contributed by atoms with Crippen molar-refractivity contribution in [2.75, 3.05) is 0 Å². The maximum atomic E-state index is 9.84. The van der Waals surface area contributed by atoms with E-state index in [1.54, 1.807) is 12.1 Å². The largest absolute Gasteiger partial charge is 0.492 e. The molecule has 0 unspecified atom stereocenters. The second-order valence-electron chi connectivity index (χ2n) is 8.24. The summed E-state index contributed by atoms with van der Waals surface area (Å²) in [7, 11) is -1.64. The predicted octanol–water partition coefficient (Wildman–Crippen LogP) is 4.68. The summed E-state index contributed by atoms with van der Waals surface area (Å²) in [6.07, 6.45) is 10.9. The zero-order valence-electron chi connectivity index (χ0n) is 18.7. The third kappa shape index (κ3) is 3.87. The summed E-state index contributed by atoms with van der Waals surface area (Å²) in [5, 5.41) is 21.3. The summed E-state index contributed by atoms with van der Waals surface area (Å²) < 4.78 is 6.22. The minimum Gasteiger partial charge on any atom is -0.456 e. The summed E-state index contributed by atoms with van der Waals surface area (Å²) in [4.78, 5) is 14.5. The zero-order chi connectivity index (χ0) is 23.8. The minimum atomic E-state index is -1.64. The van der Waals surface area contributed by atoms with E-state index in [0.717, 1.165) is 28.3 Å². The summed E-state index contributed by atoms with van der Waals surface area (Å²) in [5.41, 5.74) is 3.83. The number of fused-ring (bicyclic) bond motifs is 3. The maximum Gasteiger partial charge on any atom is 0.492 e. The number of allylic oxidation sites excluding steroid dienone is 6. The van der Waals surface area contributed by atoms with Crippen LogP contribution in [0.4, 0.5) is 0 Å². The van der Waals surface area contributed by atoms with Gasteiger partial charge in [0.25, 0.3) is 0 Å². The van der Waals surface area contributed by atoms with Gasteiger partial charge in [-0.2, -0.15) is 0 Å². The lowest BCUT2D eigenvalue weighted by atomic mass is 9.79. The second-order valence-corrected chi connectivity index (χ2v) is 8.24. The Morgan fingerprint density at radius 3 is 2.29 bits per heavy atom. The molecule has 0 spiro atoms. The maximum absolute atomic E-state index is 9.84. The molecule has 0 saturated heterocycles. The fraction of sp³-hybridized carbons (Fsp3) is 0.0357. The molecule has 35 heavy (non-hydrogen) atoms. The lowest BCUT2D eigenvalue weighted by Gasteiger charge is -2.09. The lowest BCUT2D eigenvalue weighted by molar-refractivity contribution is 0.425. The lowest BCUT2D eigenvalue weighted by Crippen LogP contribution is -2.29. The first-order valence-corrected chi connectivity index (χ1v) is 11.3. The van der Waals surface area contributed by atoms with E-state index in [1.165, 1.54) is 0 Å². The molecule has 168 valence electrons. The summed E-state index contributed by atoms with van der Waals surface area (Å²) >= 11 is 0. The number of rotatable bonds is 4.